The van der Waals surface area contributed by atoms with E-state index in [0.717, 1.165) is 0 Å². The molecule has 0 bridgehead atoms. The zero-order chi connectivity index (χ0) is 13.1. The Hall–Kier alpha value is -1.65. The van der Waals surface area contributed by atoms with Gasteiger partial charge in [0.2, 0.25) is 0 Å². The zero-order valence-electron chi connectivity index (χ0n) is 11.5. The molecule has 7 N–H and O–H groups in total. The van der Waals surface area contributed by atoms with E-state index in [0.29, 0.717) is 22.8 Å². The van der Waals surface area contributed by atoms with E-state index in [4.69, 9.17) is 20.8 Å². The molecular weight excluding hydrogens is 303 g/mol. The first-order valence-corrected chi connectivity index (χ1v) is 4.19. The standard InChI is InChI=1S/2C4H8N2O2.CH3.Co.H2O/c2*1-3(5-7)4(2)6-8;;;/h2*7-8H,1-2H3;1H3;;1H2/q;;-1;;/p+1/b2*5-3+,6-4+;;;. The van der Waals surface area contributed by atoms with Gasteiger partial charge in [0.25, 0.3) is 0 Å². The van der Waals surface area contributed by atoms with E-state index in [1.165, 1.54) is 27.7 Å². The largest absolute Gasteiger partial charge is 0.457 e. The monoisotopic (exact) mass is 325 g/mol. The van der Waals surface area contributed by atoms with E-state index < -0.39 is 0 Å². The first kappa shape index (κ1) is 30.4. The maximum atomic E-state index is 8.03. The van der Waals surface area contributed by atoms with Crippen LogP contribution in [-0.2, 0) is 22.3 Å². The predicted molar refractivity (Wildman–Crippen MR) is 70.9 cm³/mol. The van der Waals surface area contributed by atoms with Gasteiger partial charge in [0.1, 0.15) is 22.8 Å². The van der Waals surface area contributed by atoms with Gasteiger partial charge in [-0.2, -0.15) is 0 Å². The molecule has 0 unspecified atom stereocenters. The maximum absolute atomic E-state index is 8.03. The van der Waals surface area contributed by atoms with Gasteiger partial charge in [-0.1, -0.05) is 20.6 Å². The van der Waals surface area contributed by atoms with E-state index in [1.807, 2.05) is 0 Å². The predicted octanol–water partition coefficient (Wildman–Crippen LogP) is 0.899. The van der Waals surface area contributed by atoms with Gasteiger partial charge in [-0.3, -0.25) is 0 Å². The molecule has 0 aliphatic carbocycles. The van der Waals surface area contributed by atoms with Crippen molar-refractivity contribution in [1.82, 2.24) is 0 Å². The second-order valence-corrected chi connectivity index (χ2v) is 2.74. The molecule has 1 radical (unpaired) electrons. The van der Waals surface area contributed by atoms with E-state index in [9.17, 15) is 0 Å². The van der Waals surface area contributed by atoms with Crippen LogP contribution in [0.4, 0.5) is 0 Å². The first-order valence-electron chi connectivity index (χ1n) is 4.19. The fraction of sp³-hybridized carbons (Fsp3) is 0.444. The smallest absolute Gasteiger partial charge is 0.101 e. The average molecular weight is 325 g/mol. The summed E-state index contributed by atoms with van der Waals surface area (Å²) in [6, 6.07) is 0. The Morgan fingerprint density at radius 3 is 0.737 bits per heavy atom. The minimum Gasteiger partial charge on any atom is -0.457 e. The van der Waals surface area contributed by atoms with Crippen molar-refractivity contribution < 1.29 is 43.1 Å². The second-order valence-electron chi connectivity index (χ2n) is 2.74. The molecule has 0 aromatic rings. The van der Waals surface area contributed by atoms with Crippen molar-refractivity contribution >= 4 is 22.8 Å². The molecule has 0 saturated heterocycles. The molecular formula is C9H22CoN4O5. The van der Waals surface area contributed by atoms with Crippen LogP contribution in [0, 0.1) is 7.43 Å². The summed E-state index contributed by atoms with van der Waals surface area (Å²) in [4.78, 5) is 0. The van der Waals surface area contributed by atoms with E-state index in [-0.39, 0.29) is 29.7 Å². The van der Waals surface area contributed by atoms with Crippen molar-refractivity contribution in [2.45, 2.75) is 27.7 Å². The summed E-state index contributed by atoms with van der Waals surface area (Å²) in [6.07, 6.45) is 0. The molecule has 0 aliphatic rings. The molecule has 0 fully saturated rings. The minimum absolute atomic E-state index is 0. The van der Waals surface area contributed by atoms with E-state index in [2.05, 4.69) is 20.6 Å². The van der Waals surface area contributed by atoms with Crippen molar-refractivity contribution in [1.29, 1.82) is 0 Å². The summed E-state index contributed by atoms with van der Waals surface area (Å²) in [5, 5.41) is 43.3. The minimum atomic E-state index is 0. The number of nitrogens with zero attached hydrogens (tertiary/aromatic N) is 4. The van der Waals surface area contributed by atoms with Gasteiger partial charge in [0.15, 0.2) is 0 Å². The van der Waals surface area contributed by atoms with Crippen molar-refractivity contribution in [2.75, 3.05) is 0 Å². The third-order valence-corrected chi connectivity index (χ3v) is 1.65. The molecule has 19 heavy (non-hydrogen) atoms. The SMILES string of the molecule is CC(=N\O)/C(C)=N/O.CC(=N\O)/C(C)=N/O.[CH3-].[Co].[OH3+]. The average Bonchev–Trinajstić information content (AvgIpc) is 2.35. The fourth-order valence-electron chi connectivity index (χ4n) is 0.289. The van der Waals surface area contributed by atoms with Crippen molar-refractivity contribution in [2.24, 2.45) is 20.6 Å². The Morgan fingerprint density at radius 1 is 0.579 bits per heavy atom. The van der Waals surface area contributed by atoms with Crippen LogP contribution in [0.5, 0.6) is 0 Å². The summed E-state index contributed by atoms with van der Waals surface area (Å²) >= 11 is 0. The molecule has 0 aromatic carbocycles. The molecule has 0 spiro atoms. The Kier molecular flexibility index (Phi) is 29.9. The third kappa shape index (κ3) is 16.3. The molecule has 10 heteroatoms. The number of hydrogen-bond donors (Lipinski definition) is 4. The van der Waals surface area contributed by atoms with Crippen molar-refractivity contribution in [3.8, 4) is 0 Å². The number of rotatable bonds is 2. The van der Waals surface area contributed by atoms with Crippen LogP contribution in [0.15, 0.2) is 20.6 Å². The number of hydrogen-bond acceptors (Lipinski definition) is 8. The van der Waals surface area contributed by atoms with Gasteiger partial charge in [-0.15, -0.1) is 0 Å². The van der Waals surface area contributed by atoms with Crippen LogP contribution in [-0.4, -0.2) is 43.7 Å². The summed E-state index contributed by atoms with van der Waals surface area (Å²) in [7, 11) is 0. The first-order chi connectivity index (χ1) is 7.44. The Labute approximate surface area is 122 Å². The molecule has 9 nitrogen and oxygen atoms in total. The van der Waals surface area contributed by atoms with Crippen LogP contribution in [0.1, 0.15) is 27.7 Å². The van der Waals surface area contributed by atoms with Crippen LogP contribution in [0.3, 0.4) is 0 Å². The van der Waals surface area contributed by atoms with Gasteiger partial charge in [-0.05, 0) is 27.7 Å². The van der Waals surface area contributed by atoms with Gasteiger partial charge >= 0.3 is 0 Å². The molecule has 0 saturated carbocycles. The Morgan fingerprint density at radius 2 is 0.684 bits per heavy atom. The normalized spacial score (nSPS) is 12.0. The van der Waals surface area contributed by atoms with Gasteiger partial charge < -0.3 is 33.7 Å². The zero-order valence-corrected chi connectivity index (χ0v) is 12.5. The molecule has 0 heterocycles. The molecule has 0 amide bonds. The van der Waals surface area contributed by atoms with Crippen LogP contribution in [0.25, 0.3) is 0 Å². The number of oxime groups is 4. The molecule has 0 aromatic heterocycles. The van der Waals surface area contributed by atoms with Gasteiger partial charge in [0.05, 0.1) is 0 Å². The van der Waals surface area contributed by atoms with Gasteiger partial charge in [-0.25, -0.2) is 0 Å². The van der Waals surface area contributed by atoms with Gasteiger partial charge in [0, 0.05) is 16.8 Å². The Bertz CT molecular complexity index is 265. The summed E-state index contributed by atoms with van der Waals surface area (Å²) in [6.45, 7) is 6.15. The molecule has 117 valence electrons. The quantitative estimate of drug-likeness (QED) is 0.195. The van der Waals surface area contributed by atoms with Crippen LogP contribution >= 0.6 is 0 Å². The Balaban J connectivity index is -0.0000000594. The van der Waals surface area contributed by atoms with Crippen molar-refractivity contribution in [3.63, 3.8) is 0 Å². The van der Waals surface area contributed by atoms with Crippen LogP contribution < -0.4 is 0 Å². The molecule has 0 atom stereocenters. The second kappa shape index (κ2) is 18.7. The van der Waals surface area contributed by atoms with Crippen molar-refractivity contribution in [3.05, 3.63) is 7.43 Å². The van der Waals surface area contributed by atoms with Crippen LogP contribution in [0.2, 0.25) is 0 Å². The fourth-order valence-corrected chi connectivity index (χ4v) is 0.289. The van der Waals surface area contributed by atoms with E-state index >= 15 is 0 Å². The summed E-state index contributed by atoms with van der Waals surface area (Å²) in [5.74, 6) is 0. The maximum Gasteiger partial charge on any atom is 0.101 e. The molecule has 0 rings (SSSR count). The summed E-state index contributed by atoms with van der Waals surface area (Å²) < 4.78 is 0. The summed E-state index contributed by atoms with van der Waals surface area (Å²) in [5.41, 5.74) is 1.25. The topological polar surface area (TPSA) is 163 Å². The molecule has 0 aliphatic heterocycles. The van der Waals surface area contributed by atoms with E-state index in [1.54, 1.807) is 0 Å². The third-order valence-electron chi connectivity index (χ3n) is 1.65.